The minimum atomic E-state index is -0.888. The molecule has 1 aliphatic carbocycles. The van der Waals surface area contributed by atoms with Crippen molar-refractivity contribution in [3.8, 4) is 5.19 Å². The van der Waals surface area contributed by atoms with E-state index in [1.165, 1.54) is 0 Å². The van der Waals surface area contributed by atoms with Crippen LogP contribution in [0.4, 0.5) is 4.39 Å². The smallest absolute Gasteiger partial charge is 0.470 e. The second kappa shape index (κ2) is 6.32. The molecule has 1 aromatic carbocycles. The van der Waals surface area contributed by atoms with Gasteiger partial charge < -0.3 is 14.0 Å². The van der Waals surface area contributed by atoms with E-state index in [0.717, 1.165) is 15.8 Å². The first-order valence-corrected chi connectivity index (χ1v) is 9.78. The van der Waals surface area contributed by atoms with Crippen LogP contribution in [0.15, 0.2) is 35.6 Å². The van der Waals surface area contributed by atoms with Crippen molar-refractivity contribution in [2.75, 3.05) is 6.61 Å². The zero-order valence-corrected chi connectivity index (χ0v) is 16.4. The van der Waals surface area contributed by atoms with Crippen LogP contribution in [0.5, 0.6) is 5.19 Å². The highest BCUT2D eigenvalue weighted by atomic mass is 32.1. The molecule has 138 valence electrons. The average Bonchev–Trinajstić information content (AvgIpc) is 3.03. The molecule has 2 aliphatic rings. The number of thiazole rings is 1. The number of rotatable bonds is 4. The highest BCUT2D eigenvalue weighted by molar-refractivity contribution is 7.20. The lowest BCUT2D eigenvalue weighted by molar-refractivity contribution is 0.00578. The number of halogens is 1. The number of nitrogens with zero attached hydrogens (tertiary/aromatic N) is 1. The Morgan fingerprint density at radius 1 is 1.23 bits per heavy atom. The van der Waals surface area contributed by atoms with Crippen molar-refractivity contribution in [3.63, 3.8) is 0 Å². The molecule has 26 heavy (non-hydrogen) atoms. The number of hydrogen-bond donors (Lipinski definition) is 0. The SMILES string of the molecule is CC1(C)OB(C(F)=C2CC(COc3nc4ccccc4s3)C2)OC1(C)C. The predicted octanol–water partition coefficient (Wildman–Crippen LogP) is 4.94. The van der Waals surface area contributed by atoms with Gasteiger partial charge in [0.1, 0.15) is 5.73 Å². The third kappa shape index (κ3) is 3.17. The fraction of sp³-hybridized carbons (Fsp3) is 0.526. The van der Waals surface area contributed by atoms with E-state index in [0.29, 0.717) is 30.6 Å². The molecule has 4 nitrogen and oxygen atoms in total. The van der Waals surface area contributed by atoms with E-state index in [1.54, 1.807) is 11.3 Å². The molecule has 1 aromatic heterocycles. The summed E-state index contributed by atoms with van der Waals surface area (Å²) in [7, 11) is -0.888. The Labute approximate surface area is 157 Å². The van der Waals surface area contributed by atoms with Gasteiger partial charge in [0.25, 0.3) is 5.19 Å². The lowest BCUT2D eigenvalue weighted by atomic mass is 9.73. The van der Waals surface area contributed by atoms with Gasteiger partial charge in [-0.2, -0.15) is 0 Å². The van der Waals surface area contributed by atoms with Crippen LogP contribution >= 0.6 is 11.3 Å². The number of hydrogen-bond acceptors (Lipinski definition) is 5. The van der Waals surface area contributed by atoms with Crippen LogP contribution in [0.2, 0.25) is 0 Å². The molecule has 4 rings (SSSR count). The zero-order valence-electron chi connectivity index (χ0n) is 15.5. The summed E-state index contributed by atoms with van der Waals surface area (Å²) in [6.45, 7) is 8.28. The van der Waals surface area contributed by atoms with Crippen LogP contribution in [0.1, 0.15) is 40.5 Å². The van der Waals surface area contributed by atoms with Gasteiger partial charge >= 0.3 is 7.12 Å². The normalized spacial score (nSPS) is 24.0. The third-order valence-electron chi connectivity index (χ3n) is 5.58. The maximum Gasteiger partial charge on any atom is 0.525 e. The van der Waals surface area contributed by atoms with Crippen molar-refractivity contribution in [2.45, 2.75) is 51.7 Å². The number of ether oxygens (including phenoxy) is 1. The van der Waals surface area contributed by atoms with Gasteiger partial charge in [0.15, 0.2) is 0 Å². The van der Waals surface area contributed by atoms with Crippen LogP contribution in [0.25, 0.3) is 10.2 Å². The Kier molecular flexibility index (Phi) is 4.37. The fourth-order valence-corrected chi connectivity index (χ4v) is 3.99. The molecule has 0 unspecified atom stereocenters. The molecule has 0 bridgehead atoms. The van der Waals surface area contributed by atoms with Crippen LogP contribution in [0.3, 0.4) is 0 Å². The predicted molar refractivity (Wildman–Crippen MR) is 102 cm³/mol. The second-order valence-corrected chi connectivity index (χ2v) is 9.07. The summed E-state index contributed by atoms with van der Waals surface area (Å²) in [5.74, 6) is 0.310. The number of allylic oxidation sites excluding steroid dienone is 1. The van der Waals surface area contributed by atoms with Crippen molar-refractivity contribution in [1.29, 1.82) is 0 Å². The average molecular weight is 375 g/mol. The van der Waals surface area contributed by atoms with Crippen molar-refractivity contribution < 1.29 is 18.4 Å². The van der Waals surface area contributed by atoms with Crippen LogP contribution in [-0.2, 0) is 9.31 Å². The maximum atomic E-state index is 14.7. The van der Waals surface area contributed by atoms with E-state index in [4.69, 9.17) is 14.0 Å². The van der Waals surface area contributed by atoms with Gasteiger partial charge in [-0.15, -0.1) is 0 Å². The van der Waals surface area contributed by atoms with E-state index in [2.05, 4.69) is 4.98 Å². The molecule has 2 aromatic rings. The largest absolute Gasteiger partial charge is 0.525 e. The summed E-state index contributed by atoms with van der Waals surface area (Å²) < 4.78 is 33.2. The van der Waals surface area contributed by atoms with Crippen molar-refractivity contribution in [2.24, 2.45) is 5.92 Å². The van der Waals surface area contributed by atoms with Gasteiger partial charge in [-0.3, -0.25) is 0 Å². The van der Waals surface area contributed by atoms with E-state index in [9.17, 15) is 4.39 Å². The molecule has 0 atom stereocenters. The van der Waals surface area contributed by atoms with Crippen LogP contribution in [0, 0.1) is 5.92 Å². The lowest BCUT2D eigenvalue weighted by Crippen LogP contribution is -2.41. The standard InChI is InChI=1S/C19H23BFNO3S/c1-18(2)19(3,4)25-20(24-18)16(21)13-9-12(10-13)11-23-17-22-14-7-5-6-8-15(14)26-17/h5-8,12H,9-11H2,1-4H3. The van der Waals surface area contributed by atoms with E-state index in [1.807, 2.05) is 52.0 Å². The number of aromatic nitrogens is 1. The highest BCUT2D eigenvalue weighted by Gasteiger charge is 2.54. The van der Waals surface area contributed by atoms with Gasteiger partial charge in [0.05, 0.1) is 28.0 Å². The van der Waals surface area contributed by atoms with Crippen molar-refractivity contribution >= 4 is 28.7 Å². The van der Waals surface area contributed by atoms with Crippen LogP contribution < -0.4 is 4.74 Å². The lowest BCUT2D eigenvalue weighted by Gasteiger charge is -2.32. The van der Waals surface area contributed by atoms with Gasteiger partial charge in [-0.05, 0) is 58.2 Å². The first kappa shape index (κ1) is 18.0. The summed E-state index contributed by atoms with van der Waals surface area (Å²) in [5, 5.41) is 0.676. The maximum absolute atomic E-state index is 14.7. The Morgan fingerprint density at radius 3 is 2.54 bits per heavy atom. The monoisotopic (exact) mass is 375 g/mol. The number of benzene rings is 1. The molecule has 1 aliphatic heterocycles. The minimum absolute atomic E-state index is 0.264. The van der Waals surface area contributed by atoms with Gasteiger partial charge in [-0.25, -0.2) is 9.37 Å². The van der Waals surface area contributed by atoms with Gasteiger partial charge in [-0.1, -0.05) is 23.5 Å². The zero-order chi connectivity index (χ0) is 18.5. The Bertz CT molecular complexity index is 806. The second-order valence-electron chi connectivity index (χ2n) is 8.07. The summed E-state index contributed by atoms with van der Waals surface area (Å²) in [6, 6.07) is 7.96. The minimum Gasteiger partial charge on any atom is -0.470 e. The van der Waals surface area contributed by atoms with Gasteiger partial charge in [0.2, 0.25) is 0 Å². The molecular formula is C19H23BFNO3S. The molecule has 1 saturated carbocycles. The fourth-order valence-electron chi connectivity index (χ4n) is 3.17. The Balaban J connectivity index is 1.33. The summed E-state index contributed by atoms with van der Waals surface area (Å²) in [6.07, 6.45) is 1.36. The molecule has 0 radical (unpaired) electrons. The third-order valence-corrected chi connectivity index (χ3v) is 6.53. The Hall–Kier alpha value is -1.44. The molecule has 7 heteroatoms. The molecular weight excluding hydrogens is 352 g/mol. The molecule has 0 N–H and O–H groups in total. The topological polar surface area (TPSA) is 40.6 Å². The summed E-state index contributed by atoms with van der Waals surface area (Å²) in [4.78, 5) is 4.46. The number of para-hydroxylation sites is 1. The first-order chi connectivity index (χ1) is 12.2. The van der Waals surface area contributed by atoms with Crippen molar-refractivity contribution in [1.82, 2.24) is 4.98 Å². The van der Waals surface area contributed by atoms with E-state index in [-0.39, 0.29) is 5.73 Å². The molecule has 0 spiro atoms. The van der Waals surface area contributed by atoms with Crippen LogP contribution in [-0.4, -0.2) is 29.9 Å². The Morgan fingerprint density at radius 2 is 1.88 bits per heavy atom. The first-order valence-electron chi connectivity index (χ1n) is 8.96. The molecule has 1 saturated heterocycles. The summed E-state index contributed by atoms with van der Waals surface area (Å²) >= 11 is 1.54. The number of fused-ring (bicyclic) bond motifs is 1. The summed E-state index contributed by atoms with van der Waals surface area (Å²) in [5.41, 5.74) is 0.429. The molecule has 2 fully saturated rings. The van der Waals surface area contributed by atoms with Crippen molar-refractivity contribution in [3.05, 3.63) is 35.6 Å². The van der Waals surface area contributed by atoms with Gasteiger partial charge in [0, 0.05) is 5.92 Å². The van der Waals surface area contributed by atoms with E-state index >= 15 is 0 Å². The van der Waals surface area contributed by atoms with E-state index < -0.39 is 18.3 Å². The highest BCUT2D eigenvalue weighted by Crippen LogP contribution is 2.43. The quantitative estimate of drug-likeness (QED) is 0.710. The molecule has 2 heterocycles. The molecule has 0 amide bonds.